The third kappa shape index (κ3) is 14.5. The number of phenolic OH excluding ortho intramolecular Hbond substituents is 2. The number of aromatic hydroxyl groups is 2. The zero-order valence-corrected chi connectivity index (χ0v) is 39.7. The topological polar surface area (TPSA) is 58.9 Å². The van der Waals surface area contributed by atoms with Crippen LogP contribution in [0.3, 0.4) is 0 Å². The standard InChI is InChI=1S/C36H56O4S2.2C7H7.Ti/c1-23(2)39-29-19-27(35(5,6)7)17-25(33(29)37)21-41-31-15-13-11-12-14-16-32(31)42-22-26-18-28(36(8,9)10)20-30(34(26)38)40-24(3)4;2*1-7-5-3-2-4-6-7;/h17-20,23-24,31-32,37-38H,11-16,21-22H2,1-10H3;2*2-6H,1H2;/q;2*-1;/t31-,32?;;;/m0.../s1. The molecule has 2 aliphatic rings. The molecule has 4 aromatic rings. The molecule has 6 rings (SSSR count). The van der Waals surface area contributed by atoms with E-state index in [-0.39, 0.29) is 54.4 Å². The molecule has 0 bridgehead atoms. The first-order valence-electron chi connectivity index (χ1n) is 20.8. The molecule has 1 aliphatic heterocycles. The van der Waals surface area contributed by atoms with Crippen molar-refractivity contribution >= 4 is 15.9 Å². The molecule has 0 radical (unpaired) electrons. The van der Waals surface area contributed by atoms with Crippen molar-refractivity contribution in [2.75, 3.05) is 0 Å². The van der Waals surface area contributed by atoms with Gasteiger partial charge in [-0.05, 0) is 0 Å². The molecule has 4 aromatic carbocycles. The van der Waals surface area contributed by atoms with Gasteiger partial charge in [-0.3, -0.25) is 0 Å². The summed E-state index contributed by atoms with van der Waals surface area (Å²) in [7, 11) is 0.564. The number of phenols is 2. The van der Waals surface area contributed by atoms with Gasteiger partial charge in [0.2, 0.25) is 0 Å². The van der Waals surface area contributed by atoms with Crippen LogP contribution < -0.4 is 9.47 Å². The third-order valence-corrected chi connectivity index (χ3v) is 26.1. The normalized spacial score (nSPS) is 19.4. The quantitative estimate of drug-likeness (QED) is 0.137. The number of ether oxygens (including phenoxy) is 2. The Bertz CT molecular complexity index is 1810. The van der Waals surface area contributed by atoms with Crippen LogP contribution >= 0.6 is 15.9 Å². The predicted octanol–water partition coefficient (Wildman–Crippen LogP) is 14.3. The van der Waals surface area contributed by atoms with Gasteiger partial charge in [0.1, 0.15) is 0 Å². The van der Waals surface area contributed by atoms with Gasteiger partial charge in [0.05, 0.1) is 0 Å². The van der Waals surface area contributed by atoms with E-state index in [0.717, 1.165) is 44.3 Å². The van der Waals surface area contributed by atoms with Crippen LogP contribution in [-0.4, -0.2) is 32.9 Å². The first kappa shape index (κ1) is 46.9. The van der Waals surface area contributed by atoms with E-state index in [2.05, 4.69) is 79.7 Å². The number of hydrogen-bond donors (Lipinski definition) is 2. The van der Waals surface area contributed by atoms with Gasteiger partial charge in [0.15, 0.2) is 0 Å². The third-order valence-electron chi connectivity index (χ3n) is 10.2. The molecule has 2 unspecified atom stereocenters. The van der Waals surface area contributed by atoms with E-state index in [4.69, 9.17) is 9.47 Å². The maximum Gasteiger partial charge on any atom is -0.0866 e. The summed E-state index contributed by atoms with van der Waals surface area (Å²) in [6, 6.07) is 28.4. The first-order valence-corrected chi connectivity index (χ1v) is 27.5. The Morgan fingerprint density at radius 2 is 0.947 bits per heavy atom. The van der Waals surface area contributed by atoms with Crippen LogP contribution in [0.4, 0.5) is 0 Å². The second-order valence-corrected chi connectivity index (χ2v) is 29.5. The van der Waals surface area contributed by atoms with Gasteiger partial charge in [-0.15, -0.1) is 24.3 Å². The minimum absolute atomic E-state index is 0.0123. The Morgan fingerprint density at radius 1 is 0.596 bits per heavy atom. The summed E-state index contributed by atoms with van der Waals surface area (Å²) in [5.74, 6) is 3.89. The van der Waals surface area contributed by atoms with Gasteiger partial charge >= 0.3 is 273 Å². The molecule has 57 heavy (non-hydrogen) atoms. The van der Waals surface area contributed by atoms with Crippen molar-refractivity contribution in [2.24, 2.45) is 0 Å². The molecule has 0 spiro atoms. The summed E-state index contributed by atoms with van der Waals surface area (Å²) < 4.78 is 12.3. The summed E-state index contributed by atoms with van der Waals surface area (Å²) in [6.07, 6.45) is 7.97. The fraction of sp³-hybridized carbons (Fsp3) is 0.480. The summed E-state index contributed by atoms with van der Waals surface area (Å²) >= 11 is -0.302. The molecule has 1 heterocycles. The molecule has 1 saturated carbocycles. The van der Waals surface area contributed by atoms with E-state index < -0.39 is 0 Å². The van der Waals surface area contributed by atoms with E-state index in [9.17, 15) is 10.2 Å². The second kappa shape index (κ2) is 21.5. The van der Waals surface area contributed by atoms with Crippen LogP contribution in [-0.2, 0) is 37.8 Å². The maximum absolute atomic E-state index is 11.5. The van der Waals surface area contributed by atoms with Gasteiger partial charge in [0.25, 0.3) is 0 Å². The number of hydrogen-bond acceptors (Lipinski definition) is 4. The maximum atomic E-state index is 11.5. The fourth-order valence-electron chi connectivity index (χ4n) is 7.00. The molecule has 0 amide bonds. The minimum Gasteiger partial charge on any atom is -0.199 e. The Balaban J connectivity index is 0.000000428. The van der Waals surface area contributed by atoms with Crippen molar-refractivity contribution < 1.29 is 35.1 Å². The van der Waals surface area contributed by atoms with Crippen molar-refractivity contribution in [3.63, 3.8) is 0 Å². The molecule has 1 aliphatic carbocycles. The monoisotopic (exact) mass is 846 g/mol. The second-order valence-electron chi connectivity index (χ2n) is 18.1. The Hall–Kier alpha value is -2.77. The molecule has 7 heteroatoms. The van der Waals surface area contributed by atoms with E-state index in [0.29, 0.717) is 23.0 Å². The van der Waals surface area contributed by atoms with Crippen LogP contribution in [0.2, 0.25) is 0 Å². The summed E-state index contributed by atoms with van der Waals surface area (Å²) in [4.78, 5) is 0. The van der Waals surface area contributed by atoms with E-state index in [1.54, 1.807) is 0 Å². The average Bonchev–Trinajstić information content (AvgIpc) is 3.41. The predicted molar refractivity (Wildman–Crippen MR) is 245 cm³/mol. The van der Waals surface area contributed by atoms with E-state index >= 15 is 0 Å². The van der Waals surface area contributed by atoms with Crippen LogP contribution in [0.1, 0.15) is 141 Å². The van der Waals surface area contributed by atoms with Crippen LogP contribution in [0.5, 0.6) is 23.0 Å². The average molecular weight is 847 g/mol. The van der Waals surface area contributed by atoms with Crippen LogP contribution in [0.15, 0.2) is 84.9 Å². The fourth-order valence-corrected chi connectivity index (χ4v) is 27.8. The van der Waals surface area contributed by atoms with Crippen molar-refractivity contribution in [2.45, 2.75) is 153 Å². The Kier molecular flexibility index (Phi) is 17.7. The number of fused-ring (bicyclic) bond motifs is 1. The Morgan fingerprint density at radius 3 is 1.23 bits per heavy atom. The molecule has 4 nitrogen and oxygen atoms in total. The smallest absolute Gasteiger partial charge is 0.0866 e. The first-order chi connectivity index (χ1) is 26.8. The largest absolute Gasteiger partial charge is 0.199 e. The van der Waals surface area contributed by atoms with Crippen molar-refractivity contribution in [1.29, 1.82) is 0 Å². The van der Waals surface area contributed by atoms with E-state index in [1.165, 1.54) is 49.7 Å². The Labute approximate surface area is 356 Å². The van der Waals surface area contributed by atoms with Crippen molar-refractivity contribution in [3.05, 3.63) is 132 Å². The summed E-state index contributed by atoms with van der Waals surface area (Å²) in [6.45, 7) is 29.0. The molecule has 0 saturated heterocycles. The molecular formula is C50H70O4S2Ti-2. The molecule has 312 valence electrons. The molecule has 0 aromatic heterocycles. The SMILES string of the molecule is CC(C)Oc1cc(C(C)(C)C)cc(C[S]2=[Ti]=[S@@](Cc3cc(C(C)(C)C)cc(OC(C)C)c3O)C3CCCCCC[C@@H]32)c1O.[CH2-]c1ccccc1.[CH2-]c1ccccc1. The zero-order valence-electron chi connectivity index (χ0n) is 36.5. The molecule has 2 N–H and O–H groups in total. The molecular weight excluding hydrogens is 777 g/mol. The van der Waals surface area contributed by atoms with Crippen LogP contribution in [0.25, 0.3) is 0 Å². The zero-order chi connectivity index (χ0) is 41.9. The van der Waals surface area contributed by atoms with Crippen molar-refractivity contribution in [1.82, 2.24) is 0 Å². The minimum atomic E-state index is -0.302. The van der Waals surface area contributed by atoms with Crippen LogP contribution in [0, 0.1) is 13.8 Å². The van der Waals surface area contributed by atoms with Gasteiger partial charge in [-0.25, -0.2) is 0 Å². The van der Waals surface area contributed by atoms with Gasteiger partial charge in [-0.2, -0.15) is 49.2 Å². The van der Waals surface area contributed by atoms with Crippen molar-refractivity contribution in [3.8, 4) is 23.0 Å². The number of rotatable bonds is 8. The van der Waals surface area contributed by atoms with Gasteiger partial charge in [-0.1, -0.05) is 12.1 Å². The van der Waals surface area contributed by atoms with Gasteiger partial charge in [0, 0.05) is 0 Å². The van der Waals surface area contributed by atoms with E-state index in [1.807, 2.05) is 88.4 Å². The molecule has 4 atom stereocenters. The summed E-state index contributed by atoms with van der Waals surface area (Å²) in [5, 5.41) is 24.4. The van der Waals surface area contributed by atoms with Gasteiger partial charge < -0.3 is 0 Å². The summed E-state index contributed by atoms with van der Waals surface area (Å²) in [5.41, 5.74) is 6.71. The number of benzene rings is 4. The molecule has 1 fully saturated rings.